The topological polar surface area (TPSA) is 92.7 Å². The molecule has 0 heterocycles. The van der Waals surface area contributed by atoms with Gasteiger partial charge in [0, 0.05) is 5.92 Å². The lowest BCUT2D eigenvalue weighted by molar-refractivity contribution is -0.160. The lowest BCUT2D eigenvalue weighted by Crippen LogP contribution is -2.52. The van der Waals surface area contributed by atoms with E-state index in [0.717, 1.165) is 11.1 Å². The van der Waals surface area contributed by atoms with Crippen molar-refractivity contribution in [3.05, 3.63) is 65.7 Å². The molecule has 0 unspecified atom stereocenters. The summed E-state index contributed by atoms with van der Waals surface area (Å²) in [7, 11) is -4.05. The molecule has 7 heteroatoms. The third kappa shape index (κ3) is 6.39. The van der Waals surface area contributed by atoms with Gasteiger partial charge in [-0.3, -0.25) is 4.79 Å². The fourth-order valence-electron chi connectivity index (χ4n) is 2.82. The normalized spacial score (nSPS) is 15.4. The van der Waals surface area contributed by atoms with Crippen molar-refractivity contribution in [2.24, 2.45) is 0 Å². The number of sulfonamides is 1. The maximum atomic E-state index is 12.9. The Kier molecular flexibility index (Phi) is 7.21. The molecule has 0 aromatic heterocycles. The highest BCUT2D eigenvalue weighted by Gasteiger charge is 2.38. The summed E-state index contributed by atoms with van der Waals surface area (Å²) < 4.78 is 33.4. The van der Waals surface area contributed by atoms with Crippen LogP contribution in [-0.4, -0.2) is 37.2 Å². The second-order valence-electron chi connectivity index (χ2n) is 8.14. The van der Waals surface area contributed by atoms with Crippen LogP contribution in [0.15, 0.2) is 59.5 Å². The van der Waals surface area contributed by atoms with Gasteiger partial charge in [0.25, 0.3) is 0 Å². The standard InChI is InChI=1S/C22H29NO5S/c1-15-11-13-18(14-12-15)29(26,27)23-19(21(25)28-22(3,4)5)20(24)16(2)17-9-7-6-8-10-17/h6-14,16,19-20,23-24H,1-5H3/t16-,19-,20+/m0/s1. The number of nitrogens with one attached hydrogen (secondary N) is 1. The van der Waals surface area contributed by atoms with Gasteiger partial charge in [-0.05, 0) is 45.4 Å². The van der Waals surface area contributed by atoms with E-state index in [1.807, 2.05) is 37.3 Å². The minimum absolute atomic E-state index is 0.0104. The van der Waals surface area contributed by atoms with E-state index in [-0.39, 0.29) is 4.90 Å². The van der Waals surface area contributed by atoms with Crippen LogP contribution in [0.3, 0.4) is 0 Å². The summed E-state index contributed by atoms with van der Waals surface area (Å²) in [5.74, 6) is -1.34. The van der Waals surface area contributed by atoms with Gasteiger partial charge in [-0.15, -0.1) is 0 Å². The lowest BCUT2D eigenvalue weighted by Gasteiger charge is -2.30. The Labute approximate surface area is 173 Å². The number of rotatable bonds is 7. The molecule has 2 N–H and O–H groups in total. The fraction of sp³-hybridized carbons (Fsp3) is 0.409. The molecule has 0 fully saturated rings. The first-order valence-corrected chi connectivity index (χ1v) is 10.9. The van der Waals surface area contributed by atoms with Crippen LogP contribution < -0.4 is 4.72 Å². The molecule has 29 heavy (non-hydrogen) atoms. The van der Waals surface area contributed by atoms with E-state index in [2.05, 4.69) is 4.72 Å². The van der Waals surface area contributed by atoms with Crippen molar-refractivity contribution in [2.75, 3.05) is 0 Å². The number of hydrogen-bond donors (Lipinski definition) is 2. The summed E-state index contributed by atoms with van der Waals surface area (Å²) in [4.78, 5) is 12.8. The van der Waals surface area contributed by atoms with Gasteiger partial charge in [0.05, 0.1) is 11.0 Å². The van der Waals surface area contributed by atoms with Crippen LogP contribution in [-0.2, 0) is 19.6 Å². The van der Waals surface area contributed by atoms with Gasteiger partial charge in [0.1, 0.15) is 11.6 Å². The lowest BCUT2D eigenvalue weighted by atomic mass is 9.91. The molecule has 158 valence electrons. The van der Waals surface area contributed by atoms with Crippen LogP contribution in [0.1, 0.15) is 44.7 Å². The van der Waals surface area contributed by atoms with Crippen LogP contribution in [0.25, 0.3) is 0 Å². The van der Waals surface area contributed by atoms with Crippen LogP contribution >= 0.6 is 0 Å². The van der Waals surface area contributed by atoms with Gasteiger partial charge in [-0.25, -0.2) is 8.42 Å². The zero-order valence-electron chi connectivity index (χ0n) is 17.4. The first kappa shape index (κ1) is 23.1. The highest BCUT2D eigenvalue weighted by molar-refractivity contribution is 7.89. The van der Waals surface area contributed by atoms with Crippen molar-refractivity contribution in [1.82, 2.24) is 4.72 Å². The number of aliphatic hydroxyl groups excluding tert-OH is 1. The molecule has 0 saturated carbocycles. The molecule has 2 aromatic carbocycles. The quantitative estimate of drug-likeness (QED) is 0.673. The molecular weight excluding hydrogens is 390 g/mol. The zero-order valence-corrected chi connectivity index (χ0v) is 18.2. The van der Waals surface area contributed by atoms with Crippen molar-refractivity contribution in [2.45, 2.75) is 63.2 Å². The van der Waals surface area contributed by atoms with Crippen LogP contribution in [0.2, 0.25) is 0 Å². The van der Waals surface area contributed by atoms with E-state index in [1.54, 1.807) is 39.8 Å². The van der Waals surface area contributed by atoms with E-state index in [0.29, 0.717) is 0 Å². The van der Waals surface area contributed by atoms with E-state index in [9.17, 15) is 18.3 Å². The Balaban J connectivity index is 2.36. The molecule has 2 aromatic rings. The number of aliphatic hydroxyl groups is 1. The molecular formula is C22H29NO5S. The highest BCUT2D eigenvalue weighted by Crippen LogP contribution is 2.24. The second kappa shape index (κ2) is 9.07. The summed E-state index contributed by atoms with van der Waals surface area (Å²) in [6.07, 6.45) is -1.33. The summed E-state index contributed by atoms with van der Waals surface area (Å²) >= 11 is 0. The number of carbonyl (C=O) groups excluding carboxylic acids is 1. The molecule has 0 spiro atoms. The summed E-state index contributed by atoms with van der Waals surface area (Å²) in [6, 6.07) is 13.9. The molecule has 0 aliphatic heterocycles. The minimum Gasteiger partial charge on any atom is -0.459 e. The first-order valence-electron chi connectivity index (χ1n) is 9.45. The number of esters is 1. The number of carbonyl (C=O) groups is 1. The van der Waals surface area contributed by atoms with Crippen molar-refractivity contribution >= 4 is 16.0 Å². The van der Waals surface area contributed by atoms with Gasteiger partial charge in [0.15, 0.2) is 0 Å². The Morgan fingerprint density at radius 2 is 1.59 bits per heavy atom. The molecule has 0 radical (unpaired) electrons. The molecule has 0 aliphatic rings. The Morgan fingerprint density at radius 1 is 1.03 bits per heavy atom. The van der Waals surface area contributed by atoms with E-state index in [4.69, 9.17) is 4.74 Å². The molecule has 0 aliphatic carbocycles. The number of ether oxygens (including phenoxy) is 1. The third-order valence-electron chi connectivity index (χ3n) is 4.45. The average molecular weight is 420 g/mol. The molecule has 0 saturated heterocycles. The van der Waals surface area contributed by atoms with E-state index < -0.39 is 39.7 Å². The summed E-state index contributed by atoms with van der Waals surface area (Å²) in [5.41, 5.74) is 0.855. The third-order valence-corrected chi connectivity index (χ3v) is 5.91. The summed E-state index contributed by atoms with van der Waals surface area (Å²) in [5, 5.41) is 10.9. The van der Waals surface area contributed by atoms with Crippen LogP contribution in [0.5, 0.6) is 0 Å². The Bertz CT molecular complexity index is 918. The molecule has 0 bridgehead atoms. The molecule has 2 rings (SSSR count). The Morgan fingerprint density at radius 3 is 2.10 bits per heavy atom. The van der Waals surface area contributed by atoms with Gasteiger partial charge >= 0.3 is 5.97 Å². The van der Waals surface area contributed by atoms with Crippen molar-refractivity contribution in [1.29, 1.82) is 0 Å². The Hall–Kier alpha value is -2.22. The van der Waals surface area contributed by atoms with Gasteiger partial charge in [0.2, 0.25) is 10.0 Å². The number of aryl methyl sites for hydroxylation is 1. The fourth-order valence-corrected chi connectivity index (χ4v) is 4.02. The maximum Gasteiger partial charge on any atom is 0.327 e. The second-order valence-corrected chi connectivity index (χ2v) is 9.85. The van der Waals surface area contributed by atoms with Crippen molar-refractivity contribution in [3.8, 4) is 0 Å². The minimum atomic E-state index is -4.05. The van der Waals surface area contributed by atoms with E-state index in [1.165, 1.54) is 12.1 Å². The zero-order chi connectivity index (χ0) is 21.8. The largest absolute Gasteiger partial charge is 0.459 e. The predicted molar refractivity (Wildman–Crippen MR) is 112 cm³/mol. The monoisotopic (exact) mass is 419 g/mol. The number of hydrogen-bond acceptors (Lipinski definition) is 5. The van der Waals surface area contributed by atoms with E-state index >= 15 is 0 Å². The molecule has 3 atom stereocenters. The maximum absolute atomic E-state index is 12.9. The van der Waals surface area contributed by atoms with Gasteiger partial charge in [-0.2, -0.15) is 4.72 Å². The number of benzene rings is 2. The average Bonchev–Trinajstić information content (AvgIpc) is 2.64. The molecule has 6 nitrogen and oxygen atoms in total. The smallest absolute Gasteiger partial charge is 0.327 e. The van der Waals surface area contributed by atoms with Crippen molar-refractivity contribution in [3.63, 3.8) is 0 Å². The van der Waals surface area contributed by atoms with Gasteiger partial charge in [-0.1, -0.05) is 55.0 Å². The van der Waals surface area contributed by atoms with Crippen LogP contribution in [0, 0.1) is 6.92 Å². The van der Waals surface area contributed by atoms with Crippen LogP contribution in [0.4, 0.5) is 0 Å². The first-order chi connectivity index (χ1) is 13.4. The molecule has 0 amide bonds. The summed E-state index contributed by atoms with van der Waals surface area (Å²) in [6.45, 7) is 8.63. The van der Waals surface area contributed by atoms with Gasteiger partial charge < -0.3 is 9.84 Å². The van der Waals surface area contributed by atoms with Crippen molar-refractivity contribution < 1.29 is 23.1 Å². The SMILES string of the molecule is Cc1ccc(S(=O)(=O)N[C@H](C(=O)OC(C)(C)C)[C@H](O)[C@@H](C)c2ccccc2)cc1. The predicted octanol–water partition coefficient (Wildman–Crippen LogP) is 3.15. The highest BCUT2D eigenvalue weighted by atomic mass is 32.2.